The highest BCUT2D eigenvalue weighted by Gasteiger charge is 2.16. The van der Waals surface area contributed by atoms with Crippen molar-refractivity contribution in [3.63, 3.8) is 0 Å². The zero-order chi connectivity index (χ0) is 10.5. The van der Waals surface area contributed by atoms with Gasteiger partial charge in [0.2, 0.25) is 5.76 Å². The van der Waals surface area contributed by atoms with Crippen molar-refractivity contribution in [3.8, 4) is 0 Å². The summed E-state index contributed by atoms with van der Waals surface area (Å²) in [5.74, 6) is -1.59. The van der Waals surface area contributed by atoms with Gasteiger partial charge in [-0.1, -0.05) is 0 Å². The minimum absolute atomic E-state index is 0.146. The predicted octanol–water partition coefficient (Wildman–Crippen LogP) is 0.429. The average molecular weight is 208 g/mol. The van der Waals surface area contributed by atoms with Gasteiger partial charge in [0.05, 0.1) is 12.4 Å². The molecule has 0 N–H and O–H groups in total. The number of esters is 1. The van der Waals surface area contributed by atoms with Crippen LogP contribution in [0.1, 0.15) is 13.8 Å². The van der Waals surface area contributed by atoms with E-state index in [4.69, 9.17) is 0 Å². The molecule has 0 spiro atoms. The summed E-state index contributed by atoms with van der Waals surface area (Å²) in [7, 11) is -3.68. The van der Waals surface area contributed by atoms with Gasteiger partial charge in [0.25, 0.3) is 0 Å². The summed E-state index contributed by atoms with van der Waals surface area (Å²) >= 11 is 0. The highest BCUT2D eigenvalue weighted by atomic mass is 32.2. The molecular formula is C7H12O5S. The van der Waals surface area contributed by atoms with Gasteiger partial charge in [-0.25, -0.2) is 4.79 Å². The lowest BCUT2D eigenvalue weighted by molar-refractivity contribution is -0.140. The number of hydrogen-bond donors (Lipinski definition) is 0. The monoisotopic (exact) mass is 208 g/mol. The van der Waals surface area contributed by atoms with Crippen LogP contribution < -0.4 is 0 Å². The SMILES string of the molecule is C=C(OS(=O)(=O)CC)C(=O)OCC. The third kappa shape index (κ3) is 4.51. The summed E-state index contributed by atoms with van der Waals surface area (Å²) in [6.07, 6.45) is 0. The summed E-state index contributed by atoms with van der Waals surface area (Å²) in [5.41, 5.74) is 0. The van der Waals surface area contributed by atoms with Gasteiger partial charge in [-0.15, -0.1) is 0 Å². The van der Waals surface area contributed by atoms with Crippen molar-refractivity contribution in [2.75, 3.05) is 12.4 Å². The lowest BCUT2D eigenvalue weighted by atomic mass is 10.6. The van der Waals surface area contributed by atoms with Crippen LogP contribution in [-0.2, 0) is 23.8 Å². The second-order valence-corrected chi connectivity index (χ2v) is 3.93. The third-order valence-corrected chi connectivity index (χ3v) is 2.25. The van der Waals surface area contributed by atoms with Crippen LogP contribution in [0.25, 0.3) is 0 Å². The second-order valence-electron chi connectivity index (χ2n) is 2.07. The first-order valence-electron chi connectivity index (χ1n) is 3.71. The van der Waals surface area contributed by atoms with Crippen molar-refractivity contribution >= 4 is 16.1 Å². The largest absolute Gasteiger partial charge is 0.460 e. The molecule has 0 saturated carbocycles. The van der Waals surface area contributed by atoms with Crippen LogP contribution in [-0.4, -0.2) is 26.7 Å². The van der Waals surface area contributed by atoms with Gasteiger partial charge in [0, 0.05) is 0 Å². The Morgan fingerprint density at radius 2 is 1.92 bits per heavy atom. The highest BCUT2D eigenvalue weighted by Crippen LogP contribution is 2.03. The van der Waals surface area contributed by atoms with E-state index in [-0.39, 0.29) is 12.4 Å². The molecule has 0 radical (unpaired) electrons. The van der Waals surface area contributed by atoms with Crippen LogP contribution >= 0.6 is 0 Å². The maximum Gasteiger partial charge on any atom is 0.374 e. The maximum atomic E-state index is 10.8. The van der Waals surface area contributed by atoms with Gasteiger partial charge in [0.1, 0.15) is 0 Å². The number of carbonyl (C=O) groups is 1. The van der Waals surface area contributed by atoms with E-state index < -0.39 is 21.8 Å². The topological polar surface area (TPSA) is 69.7 Å². The summed E-state index contributed by atoms with van der Waals surface area (Å²) in [6, 6.07) is 0. The lowest BCUT2D eigenvalue weighted by Crippen LogP contribution is -2.15. The minimum atomic E-state index is -3.68. The molecule has 0 aromatic rings. The Bertz CT molecular complexity index is 290. The number of rotatable bonds is 5. The standard InChI is InChI=1S/C7H12O5S/c1-4-11-7(8)6(3)12-13(9,10)5-2/h3-5H2,1-2H3. The summed E-state index contributed by atoms with van der Waals surface area (Å²) in [4.78, 5) is 10.8. The van der Waals surface area contributed by atoms with E-state index in [2.05, 4.69) is 15.5 Å². The van der Waals surface area contributed by atoms with Crippen molar-refractivity contribution in [2.45, 2.75) is 13.8 Å². The van der Waals surface area contributed by atoms with Crippen LogP contribution in [0.2, 0.25) is 0 Å². The molecule has 0 amide bonds. The number of ether oxygens (including phenoxy) is 1. The fourth-order valence-corrected chi connectivity index (χ4v) is 0.950. The van der Waals surface area contributed by atoms with Crippen molar-refractivity contribution in [2.24, 2.45) is 0 Å². The Morgan fingerprint density at radius 3 is 2.31 bits per heavy atom. The van der Waals surface area contributed by atoms with Gasteiger partial charge >= 0.3 is 16.1 Å². The van der Waals surface area contributed by atoms with Gasteiger partial charge in [-0.05, 0) is 20.4 Å². The van der Waals surface area contributed by atoms with E-state index >= 15 is 0 Å². The predicted molar refractivity (Wildman–Crippen MR) is 46.3 cm³/mol. The normalized spacial score (nSPS) is 10.6. The molecule has 0 aliphatic rings. The Morgan fingerprint density at radius 1 is 1.38 bits per heavy atom. The average Bonchev–Trinajstić information content (AvgIpc) is 2.04. The summed E-state index contributed by atoms with van der Waals surface area (Å²) in [6.45, 7) is 6.27. The van der Waals surface area contributed by atoms with Gasteiger partial charge in [-0.2, -0.15) is 8.42 Å². The maximum absolute atomic E-state index is 10.8. The molecule has 5 nitrogen and oxygen atoms in total. The van der Waals surface area contributed by atoms with E-state index in [1.807, 2.05) is 0 Å². The zero-order valence-electron chi connectivity index (χ0n) is 7.57. The van der Waals surface area contributed by atoms with E-state index in [9.17, 15) is 13.2 Å². The molecule has 0 aliphatic carbocycles. The Balaban J connectivity index is 4.24. The van der Waals surface area contributed by atoms with Crippen LogP contribution in [0.4, 0.5) is 0 Å². The summed E-state index contributed by atoms with van der Waals surface area (Å²) < 4.78 is 30.4. The molecular weight excluding hydrogens is 196 g/mol. The molecule has 6 heteroatoms. The third-order valence-electron chi connectivity index (χ3n) is 1.08. The lowest BCUT2D eigenvalue weighted by Gasteiger charge is -2.06. The second kappa shape index (κ2) is 4.86. The quantitative estimate of drug-likeness (QED) is 0.283. The molecule has 0 saturated heterocycles. The first kappa shape index (κ1) is 12.0. The van der Waals surface area contributed by atoms with Crippen molar-refractivity contribution in [1.82, 2.24) is 0 Å². The van der Waals surface area contributed by atoms with Gasteiger partial charge in [0.15, 0.2) is 0 Å². The van der Waals surface area contributed by atoms with E-state index in [1.54, 1.807) is 6.92 Å². The van der Waals surface area contributed by atoms with Crippen molar-refractivity contribution in [1.29, 1.82) is 0 Å². The first-order chi connectivity index (χ1) is 5.93. The molecule has 76 valence electrons. The van der Waals surface area contributed by atoms with E-state index in [0.29, 0.717) is 0 Å². The molecule has 0 heterocycles. The number of hydrogen-bond acceptors (Lipinski definition) is 5. The molecule has 0 fully saturated rings. The Kier molecular flexibility index (Phi) is 4.47. The van der Waals surface area contributed by atoms with Crippen molar-refractivity contribution < 1.29 is 22.1 Å². The van der Waals surface area contributed by atoms with Gasteiger partial charge in [-0.3, -0.25) is 0 Å². The van der Waals surface area contributed by atoms with Crippen LogP contribution in [0.5, 0.6) is 0 Å². The first-order valence-corrected chi connectivity index (χ1v) is 5.28. The molecule has 0 rings (SSSR count). The molecule has 0 aromatic carbocycles. The molecule has 0 aromatic heterocycles. The zero-order valence-corrected chi connectivity index (χ0v) is 8.39. The Hall–Kier alpha value is -1.04. The van der Waals surface area contributed by atoms with Crippen LogP contribution in [0.15, 0.2) is 12.3 Å². The fraction of sp³-hybridized carbons (Fsp3) is 0.571. The van der Waals surface area contributed by atoms with Crippen molar-refractivity contribution in [3.05, 3.63) is 12.3 Å². The molecule has 0 unspecified atom stereocenters. The smallest absolute Gasteiger partial charge is 0.374 e. The molecule has 0 aliphatic heterocycles. The van der Waals surface area contributed by atoms with Crippen LogP contribution in [0.3, 0.4) is 0 Å². The minimum Gasteiger partial charge on any atom is -0.460 e. The highest BCUT2D eigenvalue weighted by molar-refractivity contribution is 7.86. The summed E-state index contributed by atoms with van der Waals surface area (Å²) in [5, 5.41) is 0. The van der Waals surface area contributed by atoms with E-state index in [1.165, 1.54) is 6.92 Å². The molecule has 0 bridgehead atoms. The van der Waals surface area contributed by atoms with E-state index in [0.717, 1.165) is 0 Å². The van der Waals surface area contributed by atoms with Gasteiger partial charge < -0.3 is 8.92 Å². The number of carbonyl (C=O) groups excluding carboxylic acids is 1. The molecule has 0 atom stereocenters. The van der Waals surface area contributed by atoms with Crippen LogP contribution in [0, 0.1) is 0 Å². The fourth-order valence-electron chi connectivity index (χ4n) is 0.458. The Labute approximate surface area is 77.5 Å². The molecule has 13 heavy (non-hydrogen) atoms.